The number of hydrogen-bond acceptors (Lipinski definition) is 2. The Hall–Kier alpha value is 0.292. The molecule has 0 amide bonds. The first-order valence-corrected chi connectivity index (χ1v) is 4.40. The van der Waals surface area contributed by atoms with E-state index in [2.05, 4.69) is 0 Å². The second-order valence-corrected chi connectivity index (χ2v) is 2.85. The molecule has 1 unspecified atom stereocenters. The molecule has 0 aromatic carbocycles. The Morgan fingerprint density at radius 2 is 1.85 bits per heavy atom. The van der Waals surface area contributed by atoms with Gasteiger partial charge in [0.2, 0.25) is 0 Å². The van der Waals surface area contributed by atoms with Gasteiger partial charge in [-0.15, -0.1) is 0 Å². The van der Waals surface area contributed by atoms with Crippen LogP contribution >= 0.6 is 0 Å². The van der Waals surface area contributed by atoms with Gasteiger partial charge in [-0.1, -0.05) is 39.2 Å². The van der Waals surface area contributed by atoms with Gasteiger partial charge in [-0.25, -0.2) is 0 Å². The number of rotatable bonds is 6. The van der Waals surface area contributed by atoms with E-state index in [1.165, 1.54) is 0 Å². The molecule has 0 saturated carbocycles. The van der Waals surface area contributed by atoms with Crippen molar-refractivity contribution in [1.82, 2.24) is 0 Å². The Morgan fingerprint density at radius 3 is 2.23 bits per heavy atom. The van der Waals surface area contributed by atoms with Crippen LogP contribution in [-0.2, 0) is 4.79 Å². The molecular formula is C9H20BLiO2. The summed E-state index contributed by atoms with van der Waals surface area (Å²) in [5, 5.41) is 11.0. The Kier molecular flexibility index (Phi) is 17.9. The molecule has 13 heavy (non-hydrogen) atoms. The molecule has 0 aliphatic rings. The summed E-state index contributed by atoms with van der Waals surface area (Å²) in [5.74, 6) is -0.110. The average Bonchev–Trinajstić information content (AvgIpc) is 2.00. The second kappa shape index (κ2) is 12.3. The predicted octanol–water partition coefficient (Wildman–Crippen LogP) is -2.91. The molecule has 0 heterocycles. The molecule has 4 heteroatoms. The molecule has 0 aliphatic carbocycles. The Labute approximate surface area is 95.2 Å². The zero-order chi connectivity index (χ0) is 8.69. The van der Waals surface area contributed by atoms with E-state index in [4.69, 9.17) is 0 Å². The van der Waals surface area contributed by atoms with Gasteiger partial charge >= 0.3 is 18.9 Å². The minimum Gasteiger partial charge on any atom is -0.846 e. The Morgan fingerprint density at radius 1 is 1.31 bits per heavy atom. The molecule has 0 aromatic heterocycles. The van der Waals surface area contributed by atoms with Crippen LogP contribution in [0.2, 0.25) is 0 Å². The molecule has 0 rings (SSSR count). The van der Waals surface area contributed by atoms with Crippen LogP contribution in [0.3, 0.4) is 0 Å². The predicted molar refractivity (Wildman–Crippen MR) is 53.2 cm³/mol. The van der Waals surface area contributed by atoms with E-state index in [0.29, 0.717) is 12.8 Å². The van der Waals surface area contributed by atoms with Crippen molar-refractivity contribution in [3.05, 3.63) is 0 Å². The molecule has 0 fully saturated rings. The normalized spacial score (nSPS) is 11.0. The number of carbonyl (C=O) groups excluding carboxylic acids is 1. The number of unbranched alkanes of at least 4 members (excludes halogenated alkanes) is 1. The van der Waals surface area contributed by atoms with Crippen LogP contribution in [0.5, 0.6) is 0 Å². The number of hydrogen-bond donors (Lipinski definition) is 0. The van der Waals surface area contributed by atoms with Crippen LogP contribution in [0.25, 0.3) is 0 Å². The van der Waals surface area contributed by atoms with Gasteiger partial charge < -0.3 is 9.90 Å². The van der Waals surface area contributed by atoms with Crippen molar-refractivity contribution >= 4 is 14.2 Å². The maximum Gasteiger partial charge on any atom is 1.00 e. The van der Waals surface area contributed by atoms with Gasteiger partial charge in [0.05, 0.1) is 8.41 Å². The van der Waals surface area contributed by atoms with Crippen LogP contribution in [-0.4, -0.2) is 20.3 Å². The smallest absolute Gasteiger partial charge is 0.846 e. The SMILES string of the molecule is B.CCCCC([O-])C(=O)CCC.[Li+]. The van der Waals surface area contributed by atoms with Crippen molar-refractivity contribution in [3.63, 3.8) is 0 Å². The number of ketones is 1. The zero-order valence-corrected chi connectivity index (χ0v) is 8.43. The molecule has 0 spiro atoms. The van der Waals surface area contributed by atoms with E-state index in [1.807, 2.05) is 13.8 Å². The van der Waals surface area contributed by atoms with Gasteiger partial charge in [0.15, 0.2) is 0 Å². The van der Waals surface area contributed by atoms with E-state index in [-0.39, 0.29) is 33.1 Å². The third kappa shape index (κ3) is 10.2. The van der Waals surface area contributed by atoms with Crippen LogP contribution in [0, 0.1) is 0 Å². The van der Waals surface area contributed by atoms with E-state index in [0.717, 1.165) is 19.3 Å². The van der Waals surface area contributed by atoms with Gasteiger partial charge in [-0.3, -0.25) is 0 Å². The van der Waals surface area contributed by atoms with Crippen LogP contribution < -0.4 is 24.0 Å². The summed E-state index contributed by atoms with van der Waals surface area (Å²) in [7, 11) is 0. The second-order valence-electron chi connectivity index (χ2n) is 2.85. The Bertz CT molecular complexity index is 120. The summed E-state index contributed by atoms with van der Waals surface area (Å²) in [6.45, 7) is 3.95. The van der Waals surface area contributed by atoms with Gasteiger partial charge in [-0.05, 0) is 6.42 Å². The summed E-state index contributed by atoms with van der Waals surface area (Å²) >= 11 is 0. The minimum absolute atomic E-state index is 0. The molecule has 2 nitrogen and oxygen atoms in total. The molecule has 1 atom stereocenters. The first-order chi connectivity index (χ1) is 5.22. The van der Waals surface area contributed by atoms with Gasteiger partial charge in [0, 0.05) is 6.42 Å². The van der Waals surface area contributed by atoms with E-state index < -0.39 is 6.10 Å². The molecular weight excluding hydrogens is 158 g/mol. The fourth-order valence-electron chi connectivity index (χ4n) is 0.958. The van der Waals surface area contributed by atoms with E-state index >= 15 is 0 Å². The fraction of sp³-hybridized carbons (Fsp3) is 0.889. The van der Waals surface area contributed by atoms with Gasteiger partial charge in [0.25, 0.3) is 0 Å². The topological polar surface area (TPSA) is 40.1 Å². The molecule has 0 saturated heterocycles. The van der Waals surface area contributed by atoms with Crippen molar-refractivity contribution in [2.24, 2.45) is 0 Å². The summed E-state index contributed by atoms with van der Waals surface area (Å²) in [6, 6.07) is 0. The maximum atomic E-state index is 11.0. The van der Waals surface area contributed by atoms with Crippen molar-refractivity contribution in [2.45, 2.75) is 52.1 Å². The average molecular weight is 178 g/mol. The molecule has 0 aromatic rings. The van der Waals surface area contributed by atoms with E-state index in [9.17, 15) is 9.90 Å². The molecule has 0 radical (unpaired) electrons. The summed E-state index contributed by atoms with van der Waals surface area (Å²) in [6.07, 6.45) is 2.70. The largest absolute Gasteiger partial charge is 1.00 e. The molecule has 0 N–H and O–H groups in total. The maximum absolute atomic E-state index is 11.0. The third-order valence-electron chi connectivity index (χ3n) is 1.68. The first-order valence-electron chi connectivity index (χ1n) is 4.40. The standard InChI is InChI=1S/C9H17O2.BH3.Li/c1-3-5-7-9(11)8(10)6-4-2;;/h9H,3-7H2,1-2H3;1H3;/q-1;;+1. The van der Waals surface area contributed by atoms with Crippen LogP contribution in [0.1, 0.15) is 46.0 Å². The van der Waals surface area contributed by atoms with Crippen LogP contribution in [0.4, 0.5) is 0 Å². The van der Waals surface area contributed by atoms with Gasteiger partial charge in [-0.2, -0.15) is 0 Å². The minimum atomic E-state index is -0.949. The first kappa shape index (κ1) is 19.0. The van der Waals surface area contributed by atoms with Crippen molar-refractivity contribution in [1.29, 1.82) is 0 Å². The van der Waals surface area contributed by atoms with Crippen LogP contribution in [0.15, 0.2) is 0 Å². The molecule has 0 bridgehead atoms. The monoisotopic (exact) mass is 178 g/mol. The Balaban J connectivity index is -0.000000500. The van der Waals surface area contributed by atoms with E-state index in [1.54, 1.807) is 0 Å². The molecule has 0 aliphatic heterocycles. The van der Waals surface area contributed by atoms with Crippen molar-refractivity contribution < 1.29 is 28.8 Å². The molecule has 72 valence electrons. The summed E-state index contributed by atoms with van der Waals surface area (Å²) in [5.41, 5.74) is 0. The third-order valence-corrected chi connectivity index (χ3v) is 1.68. The quantitative estimate of drug-likeness (QED) is 0.409. The van der Waals surface area contributed by atoms with Crippen molar-refractivity contribution in [3.8, 4) is 0 Å². The summed E-state index contributed by atoms with van der Waals surface area (Å²) < 4.78 is 0. The summed E-state index contributed by atoms with van der Waals surface area (Å²) in [4.78, 5) is 10.9. The van der Waals surface area contributed by atoms with Gasteiger partial charge in [0.1, 0.15) is 5.78 Å². The number of Topliss-reactive ketones (excluding diaryl/α,β-unsaturated/α-hetero) is 1. The fourth-order valence-corrected chi connectivity index (χ4v) is 0.958. The zero-order valence-electron chi connectivity index (χ0n) is 8.43. The van der Waals surface area contributed by atoms with Crippen molar-refractivity contribution in [2.75, 3.05) is 0 Å². The number of carbonyl (C=O) groups is 1.